The first-order valence-corrected chi connectivity index (χ1v) is 10.5. The molecule has 0 saturated heterocycles. The van der Waals surface area contributed by atoms with Gasteiger partial charge >= 0.3 is 0 Å². The second-order valence-corrected chi connectivity index (χ2v) is 8.26. The number of aromatic nitrogens is 1. The molecule has 0 saturated carbocycles. The lowest BCUT2D eigenvalue weighted by molar-refractivity contribution is 0.628. The third-order valence-electron chi connectivity index (χ3n) is 4.22. The van der Waals surface area contributed by atoms with E-state index in [9.17, 15) is 4.39 Å². The molecule has 0 amide bonds. The van der Waals surface area contributed by atoms with Crippen molar-refractivity contribution in [2.45, 2.75) is 17.7 Å². The van der Waals surface area contributed by atoms with Crippen LogP contribution in [0.2, 0.25) is 0 Å². The van der Waals surface area contributed by atoms with Crippen LogP contribution in [0.4, 0.5) is 4.39 Å². The van der Waals surface area contributed by atoms with E-state index >= 15 is 0 Å². The molecule has 27 heavy (non-hydrogen) atoms. The molecule has 4 heteroatoms. The lowest BCUT2D eigenvalue weighted by Gasteiger charge is -2.03. The van der Waals surface area contributed by atoms with Gasteiger partial charge in [0.1, 0.15) is 15.9 Å². The molecule has 4 rings (SSSR count). The highest BCUT2D eigenvalue weighted by molar-refractivity contribution is 7.98. The maximum atomic E-state index is 13.4. The third kappa shape index (κ3) is 4.29. The first kappa shape index (κ1) is 18.0. The van der Waals surface area contributed by atoms with Crippen LogP contribution in [-0.4, -0.2) is 4.98 Å². The van der Waals surface area contributed by atoms with E-state index in [2.05, 4.69) is 55.5 Å². The van der Waals surface area contributed by atoms with Crippen molar-refractivity contribution in [3.05, 3.63) is 95.8 Å². The number of benzene rings is 3. The van der Waals surface area contributed by atoms with Crippen LogP contribution >= 0.6 is 23.1 Å². The third-order valence-corrected chi connectivity index (χ3v) is 6.55. The minimum atomic E-state index is -0.222. The predicted octanol–water partition coefficient (Wildman–Crippen LogP) is 7.22. The zero-order chi connectivity index (χ0) is 18.6. The molecule has 0 radical (unpaired) electrons. The number of rotatable bonds is 5. The van der Waals surface area contributed by atoms with Crippen molar-refractivity contribution < 1.29 is 4.39 Å². The van der Waals surface area contributed by atoms with Crippen molar-refractivity contribution in [3.8, 4) is 21.0 Å². The number of hydrogen-bond acceptors (Lipinski definition) is 3. The van der Waals surface area contributed by atoms with Gasteiger partial charge in [0.2, 0.25) is 0 Å². The minimum absolute atomic E-state index is 0.222. The van der Waals surface area contributed by atoms with Gasteiger partial charge in [0.25, 0.3) is 0 Å². The molecule has 0 aliphatic rings. The van der Waals surface area contributed by atoms with E-state index < -0.39 is 0 Å². The highest BCUT2D eigenvalue weighted by Gasteiger charge is 2.15. The molecule has 1 heterocycles. The van der Waals surface area contributed by atoms with Crippen LogP contribution in [-0.2, 0) is 5.75 Å². The van der Waals surface area contributed by atoms with E-state index in [0.29, 0.717) is 0 Å². The Kier molecular flexibility index (Phi) is 5.37. The van der Waals surface area contributed by atoms with Gasteiger partial charge in [-0.1, -0.05) is 72.3 Å². The van der Waals surface area contributed by atoms with E-state index in [4.69, 9.17) is 4.98 Å². The Bertz CT molecular complexity index is 1020. The average Bonchev–Trinajstić information content (AvgIpc) is 3.12. The molecule has 4 aromatic rings. The van der Waals surface area contributed by atoms with Gasteiger partial charge in [-0.25, -0.2) is 9.37 Å². The predicted molar refractivity (Wildman–Crippen MR) is 114 cm³/mol. The second kappa shape index (κ2) is 8.07. The second-order valence-electron chi connectivity index (χ2n) is 6.30. The van der Waals surface area contributed by atoms with E-state index in [1.165, 1.54) is 23.3 Å². The van der Waals surface area contributed by atoms with Crippen LogP contribution in [0.5, 0.6) is 0 Å². The molecule has 0 fully saturated rings. The van der Waals surface area contributed by atoms with Gasteiger partial charge in [0, 0.05) is 11.3 Å². The number of halogens is 1. The standard InChI is InChI=1S/C23H18FNS2/c1-16-7-9-19(10-8-16)22-25-23(26-15-17-5-3-2-4-6-17)21(27-22)18-11-13-20(24)14-12-18/h2-14H,15H2,1H3. The summed E-state index contributed by atoms with van der Waals surface area (Å²) < 4.78 is 13.4. The first-order chi connectivity index (χ1) is 13.2. The van der Waals surface area contributed by atoms with Gasteiger partial charge in [-0.05, 0) is 30.2 Å². The van der Waals surface area contributed by atoms with Gasteiger partial charge in [0.15, 0.2) is 0 Å². The molecule has 1 aromatic heterocycles. The number of nitrogens with zero attached hydrogens (tertiary/aromatic N) is 1. The van der Waals surface area contributed by atoms with Crippen LogP contribution in [0.1, 0.15) is 11.1 Å². The summed E-state index contributed by atoms with van der Waals surface area (Å²) in [4.78, 5) is 6.00. The summed E-state index contributed by atoms with van der Waals surface area (Å²) in [5.74, 6) is 0.632. The maximum Gasteiger partial charge on any atom is 0.125 e. The highest BCUT2D eigenvalue weighted by Crippen LogP contribution is 2.41. The van der Waals surface area contributed by atoms with Gasteiger partial charge in [-0.2, -0.15) is 0 Å². The Labute approximate surface area is 166 Å². The Balaban J connectivity index is 1.70. The van der Waals surface area contributed by atoms with Crippen molar-refractivity contribution in [2.75, 3.05) is 0 Å². The van der Waals surface area contributed by atoms with Gasteiger partial charge in [-0.3, -0.25) is 0 Å². The molecule has 0 unspecified atom stereocenters. The van der Waals surface area contributed by atoms with Crippen LogP contribution < -0.4 is 0 Å². The van der Waals surface area contributed by atoms with Gasteiger partial charge in [-0.15, -0.1) is 23.1 Å². The fourth-order valence-corrected chi connectivity index (χ4v) is 4.96. The van der Waals surface area contributed by atoms with Crippen molar-refractivity contribution in [1.29, 1.82) is 0 Å². The zero-order valence-electron chi connectivity index (χ0n) is 14.9. The van der Waals surface area contributed by atoms with Crippen LogP contribution in [0, 0.1) is 12.7 Å². The zero-order valence-corrected chi connectivity index (χ0v) is 16.5. The molecule has 3 aromatic carbocycles. The first-order valence-electron chi connectivity index (χ1n) is 8.69. The van der Waals surface area contributed by atoms with Crippen molar-refractivity contribution >= 4 is 23.1 Å². The molecular weight excluding hydrogens is 373 g/mol. The lowest BCUT2D eigenvalue weighted by Crippen LogP contribution is -1.83. The molecule has 0 aliphatic heterocycles. The molecule has 0 aliphatic carbocycles. The number of thiazole rings is 1. The topological polar surface area (TPSA) is 12.9 Å². The Hall–Kier alpha value is -2.43. The van der Waals surface area contributed by atoms with E-state index in [-0.39, 0.29) is 5.82 Å². The molecule has 0 bridgehead atoms. The van der Waals surface area contributed by atoms with Crippen molar-refractivity contribution in [1.82, 2.24) is 4.98 Å². The molecular formula is C23H18FNS2. The SMILES string of the molecule is Cc1ccc(-c2nc(SCc3ccccc3)c(-c3ccc(F)cc3)s2)cc1. The average molecular weight is 392 g/mol. The monoisotopic (exact) mass is 391 g/mol. The summed E-state index contributed by atoms with van der Waals surface area (Å²) in [5.41, 5.74) is 4.61. The number of hydrogen-bond donors (Lipinski definition) is 0. The van der Waals surface area contributed by atoms with E-state index in [1.54, 1.807) is 23.1 Å². The van der Waals surface area contributed by atoms with Gasteiger partial charge in [0.05, 0.1) is 4.88 Å². The van der Waals surface area contributed by atoms with E-state index in [0.717, 1.165) is 31.8 Å². The number of aryl methyl sites for hydroxylation is 1. The minimum Gasteiger partial charge on any atom is -0.229 e. The molecule has 0 spiro atoms. The Morgan fingerprint density at radius 2 is 1.52 bits per heavy atom. The smallest absolute Gasteiger partial charge is 0.125 e. The largest absolute Gasteiger partial charge is 0.229 e. The molecule has 134 valence electrons. The van der Waals surface area contributed by atoms with E-state index in [1.807, 2.05) is 18.2 Å². The summed E-state index contributed by atoms with van der Waals surface area (Å²) in [6.45, 7) is 2.08. The Morgan fingerprint density at radius 1 is 0.852 bits per heavy atom. The summed E-state index contributed by atoms with van der Waals surface area (Å²) in [6.07, 6.45) is 0. The fourth-order valence-electron chi connectivity index (χ4n) is 2.73. The maximum absolute atomic E-state index is 13.4. The van der Waals surface area contributed by atoms with Crippen molar-refractivity contribution in [3.63, 3.8) is 0 Å². The summed E-state index contributed by atoms with van der Waals surface area (Å²) in [5, 5.41) is 1.98. The lowest BCUT2D eigenvalue weighted by atomic mass is 10.2. The fraction of sp³-hybridized carbons (Fsp3) is 0.0870. The van der Waals surface area contributed by atoms with Crippen LogP contribution in [0.15, 0.2) is 83.9 Å². The van der Waals surface area contributed by atoms with Crippen LogP contribution in [0.25, 0.3) is 21.0 Å². The summed E-state index contributed by atoms with van der Waals surface area (Å²) in [7, 11) is 0. The molecule has 0 atom stereocenters. The molecule has 1 nitrogen and oxygen atoms in total. The Morgan fingerprint density at radius 3 is 2.22 bits per heavy atom. The normalized spacial score (nSPS) is 10.9. The highest BCUT2D eigenvalue weighted by atomic mass is 32.2. The summed E-state index contributed by atoms with van der Waals surface area (Å²) in [6, 6.07) is 25.5. The van der Waals surface area contributed by atoms with Crippen LogP contribution in [0.3, 0.4) is 0 Å². The summed E-state index contributed by atoms with van der Waals surface area (Å²) >= 11 is 3.38. The molecule has 0 N–H and O–H groups in total. The quantitative estimate of drug-likeness (QED) is 0.333. The van der Waals surface area contributed by atoms with Gasteiger partial charge < -0.3 is 0 Å². The van der Waals surface area contributed by atoms with Crippen molar-refractivity contribution in [2.24, 2.45) is 0 Å². The number of thioether (sulfide) groups is 1.